The van der Waals surface area contributed by atoms with E-state index in [1.54, 1.807) is 0 Å². The normalized spacial score (nSPS) is 23.2. The highest BCUT2D eigenvalue weighted by Gasteiger charge is 2.84. The third-order valence-corrected chi connectivity index (χ3v) is 115. The summed E-state index contributed by atoms with van der Waals surface area (Å²) in [5.41, 5.74) is 7.73. The molecule has 0 atom stereocenters. The molecular formula is C24H56Si5. The first-order chi connectivity index (χ1) is 13.0. The van der Waals surface area contributed by atoms with Crippen molar-refractivity contribution < 1.29 is 0 Å². The molecule has 1 aliphatic rings. The summed E-state index contributed by atoms with van der Waals surface area (Å²) in [5.74, 6) is 0. The fourth-order valence-electron chi connectivity index (χ4n) is 10.2. The van der Waals surface area contributed by atoms with Crippen molar-refractivity contribution in [2.24, 2.45) is 0 Å². The molecule has 1 aliphatic heterocycles. The molecule has 2 radical (unpaired) electrons. The molecule has 0 amide bonds. The molecule has 0 spiro atoms. The largest absolute Gasteiger partial charge is 0.0656 e. The second-order valence-corrected chi connectivity index (χ2v) is 58.1. The maximum atomic E-state index is 2.74. The lowest BCUT2D eigenvalue weighted by Gasteiger charge is -2.66. The number of hydrogen-bond donors (Lipinski definition) is 0. The predicted octanol–water partition coefficient (Wildman–Crippen LogP) is 9.01. The standard InChI is InChI=1S/C24H56Si5/c1-17(2)26(18(3)4)25-27(19(5)6,20(7)8)29(23(13)14,24(15)16)28(26,21(9)10)22(11)12/h17-24H,1-16H3. The maximum Gasteiger partial charge on any atom is 0.0431 e. The van der Waals surface area contributed by atoms with Crippen LogP contribution in [0, 0.1) is 0 Å². The van der Waals surface area contributed by atoms with E-state index in [1.807, 2.05) is 0 Å². The molecule has 1 saturated heterocycles. The topological polar surface area (TPSA) is 0 Å². The van der Waals surface area contributed by atoms with Gasteiger partial charge in [0, 0.05) is 37.0 Å². The van der Waals surface area contributed by atoms with E-state index in [9.17, 15) is 0 Å². The summed E-state index contributed by atoms with van der Waals surface area (Å²) in [6.45, 7) is 43.5. The smallest absolute Gasteiger partial charge is 0.0431 e. The van der Waals surface area contributed by atoms with Crippen molar-refractivity contribution in [1.82, 2.24) is 0 Å². The Balaban J connectivity index is 4.50. The minimum absolute atomic E-state index is 0.966. The van der Waals surface area contributed by atoms with Crippen LogP contribution in [0.1, 0.15) is 111 Å². The SMILES string of the molecule is CC(C)[Si]1(C(C)C)[Si][Si](C(C)C)(C(C)C)[Si](C(C)C)(C(C)C)[Si]1(C(C)C)C(C)C. The van der Waals surface area contributed by atoms with E-state index >= 15 is 0 Å². The molecule has 1 heterocycles. The minimum atomic E-state index is -1.51. The van der Waals surface area contributed by atoms with Crippen molar-refractivity contribution in [3.05, 3.63) is 0 Å². The van der Waals surface area contributed by atoms with Gasteiger partial charge in [0.15, 0.2) is 0 Å². The molecule has 0 unspecified atom stereocenters. The zero-order chi connectivity index (χ0) is 23.3. The number of rotatable bonds is 8. The molecule has 172 valence electrons. The highest BCUT2D eigenvalue weighted by Crippen LogP contribution is 2.68. The van der Waals surface area contributed by atoms with Crippen LogP contribution in [-0.4, -0.2) is 37.0 Å². The van der Waals surface area contributed by atoms with Crippen LogP contribution >= 0.6 is 0 Å². The van der Waals surface area contributed by atoms with Crippen LogP contribution < -0.4 is 0 Å². The van der Waals surface area contributed by atoms with Gasteiger partial charge in [-0.1, -0.05) is 155 Å². The van der Waals surface area contributed by atoms with Gasteiger partial charge in [0.25, 0.3) is 0 Å². The van der Waals surface area contributed by atoms with Gasteiger partial charge in [0.1, 0.15) is 0 Å². The zero-order valence-corrected chi connectivity index (χ0v) is 28.1. The Kier molecular flexibility index (Phi) is 8.87. The first-order valence-electron chi connectivity index (χ1n) is 12.8. The highest BCUT2D eigenvalue weighted by atomic mass is 30.2. The molecule has 5 heteroatoms. The van der Waals surface area contributed by atoms with Gasteiger partial charge in [-0.05, 0) is 0 Å². The van der Waals surface area contributed by atoms with Crippen LogP contribution in [0.5, 0.6) is 0 Å². The summed E-state index contributed by atoms with van der Waals surface area (Å²) in [7, 11) is -4.44. The van der Waals surface area contributed by atoms with Gasteiger partial charge in [-0.15, -0.1) is 0 Å². The molecule has 1 fully saturated rings. The predicted molar refractivity (Wildman–Crippen MR) is 150 cm³/mol. The lowest BCUT2D eigenvalue weighted by molar-refractivity contribution is 0.864. The van der Waals surface area contributed by atoms with E-state index in [4.69, 9.17) is 0 Å². The summed E-state index contributed by atoms with van der Waals surface area (Å²) in [6.07, 6.45) is 0. The second kappa shape index (κ2) is 9.15. The molecule has 0 aromatic carbocycles. The van der Waals surface area contributed by atoms with Crippen LogP contribution in [-0.2, 0) is 0 Å². The van der Waals surface area contributed by atoms with Crippen LogP contribution in [0.2, 0.25) is 44.3 Å². The minimum Gasteiger partial charge on any atom is -0.0656 e. The molecule has 0 bridgehead atoms. The first kappa shape index (κ1) is 28.1. The van der Waals surface area contributed by atoms with Gasteiger partial charge >= 0.3 is 0 Å². The summed E-state index contributed by atoms with van der Waals surface area (Å²) in [5, 5.41) is 0. The van der Waals surface area contributed by atoms with Crippen molar-refractivity contribution in [1.29, 1.82) is 0 Å². The fraction of sp³-hybridized carbons (Fsp3) is 1.00. The Bertz CT molecular complexity index is 465. The summed E-state index contributed by atoms with van der Waals surface area (Å²) in [4.78, 5) is 0. The van der Waals surface area contributed by atoms with E-state index in [0.717, 1.165) is 44.3 Å². The molecule has 0 aliphatic carbocycles. The second-order valence-electron chi connectivity index (χ2n) is 12.8. The number of hydrogen-bond acceptors (Lipinski definition) is 0. The van der Waals surface area contributed by atoms with Gasteiger partial charge in [-0.25, -0.2) is 0 Å². The Labute approximate surface area is 191 Å². The molecule has 0 aromatic heterocycles. The molecule has 0 nitrogen and oxygen atoms in total. The van der Waals surface area contributed by atoms with Gasteiger partial charge in [-0.3, -0.25) is 0 Å². The van der Waals surface area contributed by atoms with Crippen molar-refractivity contribution in [2.45, 2.75) is 155 Å². The van der Waals surface area contributed by atoms with Gasteiger partial charge in [-0.2, -0.15) is 0 Å². The molecule has 1 rings (SSSR count). The van der Waals surface area contributed by atoms with E-state index < -0.39 is 28.4 Å². The van der Waals surface area contributed by atoms with Crippen LogP contribution in [0.3, 0.4) is 0 Å². The average molecular weight is 485 g/mol. The fourth-order valence-corrected chi connectivity index (χ4v) is 205. The summed E-state index contributed by atoms with van der Waals surface area (Å²) >= 11 is 0. The lowest BCUT2D eigenvalue weighted by atomic mass is 10.5. The zero-order valence-electron chi connectivity index (χ0n) is 23.1. The van der Waals surface area contributed by atoms with Crippen LogP contribution in [0.15, 0.2) is 0 Å². The molecule has 0 aromatic rings. The Morgan fingerprint density at radius 3 is 0.586 bits per heavy atom. The van der Waals surface area contributed by atoms with Crippen LogP contribution in [0.4, 0.5) is 0 Å². The third-order valence-electron chi connectivity index (χ3n) is 9.75. The lowest BCUT2D eigenvalue weighted by Crippen LogP contribution is -2.84. The van der Waals surface area contributed by atoms with Gasteiger partial charge < -0.3 is 0 Å². The Morgan fingerprint density at radius 1 is 0.310 bits per heavy atom. The monoisotopic (exact) mass is 484 g/mol. The van der Waals surface area contributed by atoms with E-state index in [-0.39, 0.29) is 0 Å². The maximum absolute atomic E-state index is 2.74. The van der Waals surface area contributed by atoms with Crippen molar-refractivity contribution in [3.8, 4) is 0 Å². The van der Waals surface area contributed by atoms with E-state index in [1.165, 1.54) is 8.55 Å². The molecule has 0 N–H and O–H groups in total. The van der Waals surface area contributed by atoms with E-state index in [0.29, 0.717) is 0 Å². The van der Waals surface area contributed by atoms with Crippen molar-refractivity contribution in [3.63, 3.8) is 0 Å². The Morgan fingerprint density at radius 2 is 0.483 bits per heavy atom. The van der Waals surface area contributed by atoms with Crippen molar-refractivity contribution in [2.75, 3.05) is 0 Å². The van der Waals surface area contributed by atoms with E-state index in [2.05, 4.69) is 111 Å². The van der Waals surface area contributed by atoms with Gasteiger partial charge in [0.05, 0.1) is 0 Å². The Hall–Kier alpha value is 1.08. The highest BCUT2D eigenvalue weighted by molar-refractivity contribution is 8.09. The molecule has 0 saturated carbocycles. The average Bonchev–Trinajstić information content (AvgIpc) is 2.82. The quantitative estimate of drug-likeness (QED) is 0.301. The first-order valence-corrected chi connectivity index (χ1v) is 27.4. The third kappa shape index (κ3) is 3.17. The molecule has 29 heavy (non-hydrogen) atoms. The summed E-state index contributed by atoms with van der Waals surface area (Å²) in [6, 6.07) is 0. The summed E-state index contributed by atoms with van der Waals surface area (Å²) < 4.78 is 0. The molecular weight excluding hydrogens is 429 g/mol. The van der Waals surface area contributed by atoms with Crippen molar-refractivity contribution >= 4 is 37.0 Å². The van der Waals surface area contributed by atoms with Gasteiger partial charge in [0.2, 0.25) is 0 Å². The van der Waals surface area contributed by atoms with Crippen LogP contribution in [0.25, 0.3) is 0 Å².